The fourth-order valence-corrected chi connectivity index (χ4v) is 4.46. The molecule has 1 aromatic heterocycles. The van der Waals surface area contributed by atoms with E-state index in [2.05, 4.69) is 16.1 Å². The predicted octanol–water partition coefficient (Wildman–Crippen LogP) is 2.17. The zero-order chi connectivity index (χ0) is 17.4. The van der Waals surface area contributed by atoms with E-state index in [9.17, 15) is 4.79 Å². The minimum Gasteiger partial charge on any atom is -0.480 e. The standard InChI is InChI=1S/C18H26N2O5/c1-23-18-5-4-14(24-11-17(21)22)9-16(18)20(7-6-18)10-13-8-15(25-19-13)12-2-3-12/h8,12,14,16H,2-7,9-11H2,1H3,(H,21,22)/t14-,16+,18-/m0/s1. The van der Waals surface area contributed by atoms with E-state index in [1.807, 2.05) is 0 Å². The molecule has 0 bridgehead atoms. The largest absolute Gasteiger partial charge is 0.480 e. The molecule has 25 heavy (non-hydrogen) atoms. The molecule has 3 fully saturated rings. The Labute approximate surface area is 147 Å². The van der Waals surface area contributed by atoms with Gasteiger partial charge in [0.15, 0.2) is 0 Å². The van der Waals surface area contributed by atoms with E-state index in [0.29, 0.717) is 5.92 Å². The van der Waals surface area contributed by atoms with E-state index in [1.54, 1.807) is 7.11 Å². The van der Waals surface area contributed by atoms with Gasteiger partial charge in [0, 0.05) is 38.2 Å². The summed E-state index contributed by atoms with van der Waals surface area (Å²) in [5, 5.41) is 13.1. The van der Waals surface area contributed by atoms with Crippen LogP contribution in [-0.4, -0.2) is 59.1 Å². The van der Waals surface area contributed by atoms with E-state index in [1.165, 1.54) is 12.8 Å². The lowest BCUT2D eigenvalue weighted by molar-refractivity contribution is -0.148. The van der Waals surface area contributed by atoms with Gasteiger partial charge in [0.1, 0.15) is 12.4 Å². The molecule has 1 saturated heterocycles. The van der Waals surface area contributed by atoms with Gasteiger partial charge in [0.25, 0.3) is 0 Å². The van der Waals surface area contributed by atoms with E-state index in [4.69, 9.17) is 19.1 Å². The first kappa shape index (κ1) is 17.0. The van der Waals surface area contributed by atoms with Gasteiger partial charge in [0.05, 0.1) is 17.4 Å². The predicted molar refractivity (Wildman–Crippen MR) is 88.3 cm³/mol. The Morgan fingerprint density at radius 2 is 2.28 bits per heavy atom. The molecule has 0 spiro atoms. The van der Waals surface area contributed by atoms with Crippen LogP contribution < -0.4 is 0 Å². The van der Waals surface area contributed by atoms with Gasteiger partial charge < -0.3 is 19.1 Å². The third-order valence-electron chi connectivity index (χ3n) is 6.02. The second-order valence-corrected chi connectivity index (χ2v) is 7.60. The minimum absolute atomic E-state index is 0.0238. The summed E-state index contributed by atoms with van der Waals surface area (Å²) >= 11 is 0. The van der Waals surface area contributed by atoms with Gasteiger partial charge >= 0.3 is 5.97 Å². The highest BCUT2D eigenvalue weighted by Crippen LogP contribution is 2.44. The molecule has 1 N–H and O–H groups in total. The molecular formula is C18H26N2O5. The van der Waals surface area contributed by atoms with Crippen LogP contribution in [-0.2, 0) is 20.8 Å². The number of carbonyl (C=O) groups is 1. The molecule has 0 unspecified atom stereocenters. The lowest BCUT2D eigenvalue weighted by atomic mass is 9.79. The molecule has 2 heterocycles. The Morgan fingerprint density at radius 1 is 1.44 bits per heavy atom. The summed E-state index contributed by atoms with van der Waals surface area (Å²) in [6.45, 7) is 1.47. The van der Waals surface area contributed by atoms with Gasteiger partial charge in [-0.2, -0.15) is 0 Å². The number of methoxy groups -OCH3 is 1. The molecular weight excluding hydrogens is 324 g/mol. The Bertz CT molecular complexity index is 629. The zero-order valence-electron chi connectivity index (χ0n) is 14.6. The first-order chi connectivity index (χ1) is 12.1. The molecule has 0 aromatic carbocycles. The Hall–Kier alpha value is -1.44. The topological polar surface area (TPSA) is 85.0 Å². The van der Waals surface area contributed by atoms with Crippen LogP contribution >= 0.6 is 0 Å². The SMILES string of the molecule is CO[C@]12CC[C@H](OCC(=O)O)C[C@H]1N(Cc1cc(C3CC3)on1)CC2. The molecule has 1 aromatic rings. The Balaban J connectivity index is 1.43. The highest BCUT2D eigenvalue weighted by molar-refractivity contribution is 5.68. The van der Waals surface area contributed by atoms with Crippen molar-refractivity contribution in [3.8, 4) is 0 Å². The molecule has 0 radical (unpaired) electrons. The number of nitrogens with zero attached hydrogens (tertiary/aromatic N) is 2. The van der Waals surface area contributed by atoms with Crippen LogP contribution in [0, 0.1) is 0 Å². The second-order valence-electron chi connectivity index (χ2n) is 7.60. The van der Waals surface area contributed by atoms with Crippen LogP contribution in [0.4, 0.5) is 0 Å². The van der Waals surface area contributed by atoms with Gasteiger partial charge in [0.2, 0.25) is 0 Å². The third-order valence-corrected chi connectivity index (χ3v) is 6.02. The van der Waals surface area contributed by atoms with Crippen LogP contribution in [0.25, 0.3) is 0 Å². The van der Waals surface area contributed by atoms with Gasteiger partial charge in [-0.15, -0.1) is 0 Å². The summed E-state index contributed by atoms with van der Waals surface area (Å²) < 4.78 is 17.0. The van der Waals surface area contributed by atoms with E-state index < -0.39 is 5.97 Å². The number of carboxylic acids is 1. The smallest absolute Gasteiger partial charge is 0.329 e. The van der Waals surface area contributed by atoms with Crippen molar-refractivity contribution in [3.63, 3.8) is 0 Å². The number of carboxylic acid groups (broad SMARTS) is 1. The first-order valence-corrected chi connectivity index (χ1v) is 9.18. The first-order valence-electron chi connectivity index (χ1n) is 9.18. The molecule has 1 aliphatic heterocycles. The normalized spacial score (nSPS) is 32.7. The summed E-state index contributed by atoms with van der Waals surface area (Å²) in [5.74, 6) is 0.668. The number of likely N-dealkylation sites (tertiary alicyclic amines) is 1. The number of aromatic nitrogens is 1. The summed E-state index contributed by atoms with van der Waals surface area (Å²) in [5.41, 5.74) is 0.828. The van der Waals surface area contributed by atoms with Crippen molar-refractivity contribution in [2.75, 3.05) is 20.3 Å². The molecule has 3 atom stereocenters. The molecule has 3 aliphatic rings. The van der Waals surface area contributed by atoms with Crippen molar-refractivity contribution in [1.82, 2.24) is 10.1 Å². The van der Waals surface area contributed by atoms with Crippen LogP contribution in [0.5, 0.6) is 0 Å². The van der Waals surface area contributed by atoms with Crippen LogP contribution in [0.3, 0.4) is 0 Å². The maximum Gasteiger partial charge on any atom is 0.329 e. The van der Waals surface area contributed by atoms with Crippen LogP contribution in [0.2, 0.25) is 0 Å². The lowest BCUT2D eigenvalue weighted by Gasteiger charge is -2.43. The van der Waals surface area contributed by atoms with Gasteiger partial charge in [-0.1, -0.05) is 5.16 Å². The highest BCUT2D eigenvalue weighted by Gasteiger charge is 2.51. The Kier molecular flexibility index (Phi) is 4.56. The van der Waals surface area contributed by atoms with E-state index >= 15 is 0 Å². The molecule has 2 saturated carbocycles. The maximum atomic E-state index is 10.8. The van der Waals surface area contributed by atoms with Crippen molar-refractivity contribution in [2.45, 2.75) is 68.7 Å². The van der Waals surface area contributed by atoms with E-state index in [0.717, 1.165) is 50.2 Å². The Morgan fingerprint density at radius 3 is 3.00 bits per heavy atom. The second kappa shape index (κ2) is 6.70. The molecule has 7 nitrogen and oxygen atoms in total. The number of aliphatic carboxylic acids is 1. The molecule has 7 heteroatoms. The van der Waals surface area contributed by atoms with Crippen LogP contribution in [0.1, 0.15) is 55.9 Å². The number of fused-ring (bicyclic) bond motifs is 1. The fraction of sp³-hybridized carbons (Fsp3) is 0.778. The number of hydrogen-bond acceptors (Lipinski definition) is 6. The minimum atomic E-state index is -0.915. The summed E-state index contributed by atoms with van der Waals surface area (Å²) in [6.07, 6.45) is 5.93. The lowest BCUT2D eigenvalue weighted by Crippen LogP contribution is -2.51. The zero-order valence-corrected chi connectivity index (χ0v) is 14.6. The molecule has 4 rings (SSSR count). The van der Waals surface area contributed by atoms with Gasteiger partial charge in [-0.3, -0.25) is 4.90 Å². The number of ether oxygens (including phenoxy) is 2. The van der Waals surface area contributed by atoms with Crippen molar-refractivity contribution in [3.05, 3.63) is 17.5 Å². The summed E-state index contributed by atoms with van der Waals surface area (Å²) in [4.78, 5) is 13.2. The summed E-state index contributed by atoms with van der Waals surface area (Å²) in [6, 6.07) is 2.32. The number of hydrogen-bond donors (Lipinski definition) is 1. The van der Waals surface area contributed by atoms with Crippen LogP contribution in [0.15, 0.2) is 10.6 Å². The quantitative estimate of drug-likeness (QED) is 0.806. The van der Waals surface area contributed by atoms with Crippen molar-refractivity contribution in [2.24, 2.45) is 0 Å². The van der Waals surface area contributed by atoms with Crippen molar-refractivity contribution < 1.29 is 23.9 Å². The fourth-order valence-electron chi connectivity index (χ4n) is 4.46. The van der Waals surface area contributed by atoms with E-state index in [-0.39, 0.29) is 24.4 Å². The molecule has 2 aliphatic carbocycles. The molecule has 138 valence electrons. The number of rotatable bonds is 7. The van der Waals surface area contributed by atoms with Crippen molar-refractivity contribution >= 4 is 5.97 Å². The monoisotopic (exact) mass is 350 g/mol. The third kappa shape index (κ3) is 3.45. The molecule has 0 amide bonds. The average molecular weight is 350 g/mol. The maximum absolute atomic E-state index is 10.8. The van der Waals surface area contributed by atoms with Crippen molar-refractivity contribution in [1.29, 1.82) is 0 Å². The highest BCUT2D eigenvalue weighted by atomic mass is 16.5. The summed E-state index contributed by atoms with van der Waals surface area (Å²) in [7, 11) is 1.79. The van der Waals surface area contributed by atoms with Gasteiger partial charge in [-0.05, 0) is 38.5 Å². The average Bonchev–Trinajstić information content (AvgIpc) is 3.26. The van der Waals surface area contributed by atoms with Gasteiger partial charge in [-0.25, -0.2) is 4.79 Å².